The van der Waals surface area contributed by atoms with Crippen molar-refractivity contribution in [3.05, 3.63) is 24.3 Å². The minimum absolute atomic E-state index is 0.127. The first kappa shape index (κ1) is 7.95. The number of para-hydroxylation sites is 1. The largest absolute Gasteiger partial charge is 0.344 e. The Labute approximate surface area is 76.2 Å². The summed E-state index contributed by atoms with van der Waals surface area (Å²) in [6.07, 6.45) is 0. The van der Waals surface area contributed by atoms with Crippen LogP contribution < -0.4 is 4.90 Å². The molecule has 1 aliphatic rings. The van der Waals surface area contributed by atoms with Crippen molar-refractivity contribution in [2.75, 3.05) is 23.9 Å². The quantitative estimate of drug-likeness (QED) is 0.659. The zero-order chi connectivity index (χ0) is 8.39. The summed E-state index contributed by atoms with van der Waals surface area (Å²) in [5.74, 6) is 1.03. The van der Waals surface area contributed by atoms with Crippen molar-refractivity contribution >= 4 is 17.4 Å². The van der Waals surface area contributed by atoms with E-state index in [1.807, 2.05) is 34.9 Å². The molecule has 0 aliphatic carbocycles. The monoisotopic (exact) mass is 180 g/mol. The number of hydrogen-bond donors (Lipinski definition) is 0. The third-order valence-electron chi connectivity index (χ3n) is 1.98. The van der Waals surface area contributed by atoms with Crippen LogP contribution in [0.3, 0.4) is 0 Å². The predicted molar refractivity (Wildman–Crippen MR) is 50.1 cm³/mol. The standard InChI is InChI=1S/C9H10NOS/c11-7-10-5-6-12-9-4-2-1-3-8(9)10/h1-4H,5-7H2. The lowest BCUT2D eigenvalue weighted by Crippen LogP contribution is -2.29. The molecule has 1 aromatic carbocycles. The molecule has 0 saturated carbocycles. The van der Waals surface area contributed by atoms with Crippen molar-refractivity contribution in [1.29, 1.82) is 0 Å². The Morgan fingerprint density at radius 2 is 2.25 bits per heavy atom. The van der Waals surface area contributed by atoms with Crippen LogP contribution in [0.4, 0.5) is 5.69 Å². The molecule has 0 amide bonds. The topological polar surface area (TPSA) is 23.1 Å². The molecule has 0 fully saturated rings. The van der Waals surface area contributed by atoms with Crippen LogP contribution in [-0.2, 0) is 5.11 Å². The summed E-state index contributed by atoms with van der Waals surface area (Å²) >= 11 is 1.83. The lowest BCUT2D eigenvalue weighted by molar-refractivity contribution is 0.192. The van der Waals surface area contributed by atoms with E-state index >= 15 is 0 Å². The number of anilines is 1. The SMILES string of the molecule is [O]CN1CCSc2ccccc21. The minimum atomic E-state index is -0.127. The Morgan fingerprint density at radius 3 is 3.08 bits per heavy atom. The van der Waals surface area contributed by atoms with E-state index in [9.17, 15) is 5.11 Å². The highest BCUT2D eigenvalue weighted by Gasteiger charge is 2.15. The number of fused-ring (bicyclic) bond motifs is 1. The normalized spacial score (nSPS) is 15.9. The van der Waals surface area contributed by atoms with Gasteiger partial charge in [0.2, 0.25) is 0 Å². The molecule has 1 aromatic rings. The second-order valence-corrected chi connectivity index (χ2v) is 3.85. The molecule has 3 heteroatoms. The fourth-order valence-electron chi connectivity index (χ4n) is 1.36. The van der Waals surface area contributed by atoms with Crippen molar-refractivity contribution < 1.29 is 5.11 Å². The molecule has 1 heterocycles. The molecule has 0 N–H and O–H groups in total. The van der Waals surface area contributed by atoms with Gasteiger partial charge in [-0.2, -0.15) is 0 Å². The van der Waals surface area contributed by atoms with Crippen molar-refractivity contribution in [3.63, 3.8) is 0 Å². The van der Waals surface area contributed by atoms with Gasteiger partial charge in [0.1, 0.15) is 0 Å². The van der Waals surface area contributed by atoms with Crippen LogP contribution in [0, 0.1) is 0 Å². The van der Waals surface area contributed by atoms with Gasteiger partial charge in [0, 0.05) is 17.2 Å². The first-order chi connectivity index (χ1) is 5.92. The second-order valence-electron chi connectivity index (χ2n) is 2.71. The summed E-state index contributed by atoms with van der Waals surface area (Å²) in [5.41, 5.74) is 1.10. The molecule has 2 nitrogen and oxygen atoms in total. The van der Waals surface area contributed by atoms with Crippen LogP contribution in [0.5, 0.6) is 0 Å². The van der Waals surface area contributed by atoms with E-state index < -0.39 is 0 Å². The second kappa shape index (κ2) is 3.37. The van der Waals surface area contributed by atoms with Gasteiger partial charge in [-0.1, -0.05) is 12.1 Å². The Hall–Kier alpha value is -0.670. The number of benzene rings is 1. The lowest BCUT2D eigenvalue weighted by atomic mass is 10.3. The van der Waals surface area contributed by atoms with Gasteiger partial charge in [-0.05, 0) is 12.1 Å². The van der Waals surface area contributed by atoms with Gasteiger partial charge in [0.25, 0.3) is 0 Å². The van der Waals surface area contributed by atoms with Crippen molar-refractivity contribution in [2.45, 2.75) is 4.90 Å². The molecule has 0 spiro atoms. The van der Waals surface area contributed by atoms with Gasteiger partial charge in [0.05, 0.1) is 5.69 Å². The van der Waals surface area contributed by atoms with Crippen LogP contribution in [0.25, 0.3) is 0 Å². The predicted octanol–water partition coefficient (Wildman–Crippen LogP) is 1.99. The number of nitrogens with zero attached hydrogens (tertiary/aromatic N) is 1. The molecule has 0 bridgehead atoms. The highest BCUT2D eigenvalue weighted by atomic mass is 32.2. The van der Waals surface area contributed by atoms with Crippen LogP contribution >= 0.6 is 11.8 Å². The van der Waals surface area contributed by atoms with E-state index in [-0.39, 0.29) is 6.73 Å². The fraction of sp³-hybridized carbons (Fsp3) is 0.333. The summed E-state index contributed by atoms with van der Waals surface area (Å²) in [7, 11) is 0. The maximum atomic E-state index is 10.8. The summed E-state index contributed by atoms with van der Waals surface area (Å²) in [5, 5.41) is 10.8. The van der Waals surface area contributed by atoms with E-state index in [4.69, 9.17) is 0 Å². The first-order valence-corrected chi connectivity index (χ1v) is 4.95. The molecule has 1 aliphatic heterocycles. The average molecular weight is 180 g/mol. The number of hydrogen-bond acceptors (Lipinski definition) is 2. The summed E-state index contributed by atoms with van der Waals surface area (Å²) in [4.78, 5) is 3.12. The zero-order valence-corrected chi connectivity index (χ0v) is 7.51. The van der Waals surface area contributed by atoms with Gasteiger partial charge in [-0.15, -0.1) is 11.8 Å². The Balaban J connectivity index is 2.37. The highest BCUT2D eigenvalue weighted by molar-refractivity contribution is 7.99. The van der Waals surface area contributed by atoms with E-state index in [0.29, 0.717) is 0 Å². The van der Waals surface area contributed by atoms with Gasteiger partial charge in [-0.25, -0.2) is 5.11 Å². The summed E-state index contributed by atoms with van der Waals surface area (Å²) < 4.78 is 0. The Bertz CT molecular complexity index is 277. The first-order valence-electron chi connectivity index (χ1n) is 3.96. The van der Waals surface area contributed by atoms with Crippen molar-refractivity contribution in [2.24, 2.45) is 0 Å². The van der Waals surface area contributed by atoms with Crippen LogP contribution in [-0.4, -0.2) is 19.0 Å². The number of thioether (sulfide) groups is 1. The van der Waals surface area contributed by atoms with Gasteiger partial charge in [0.15, 0.2) is 6.73 Å². The molecule has 2 rings (SSSR count). The molecule has 1 radical (unpaired) electrons. The minimum Gasteiger partial charge on any atom is -0.344 e. The van der Waals surface area contributed by atoms with E-state index in [1.54, 1.807) is 0 Å². The van der Waals surface area contributed by atoms with E-state index in [0.717, 1.165) is 18.0 Å². The maximum absolute atomic E-state index is 10.8. The molecular weight excluding hydrogens is 170 g/mol. The molecule has 0 saturated heterocycles. The zero-order valence-electron chi connectivity index (χ0n) is 6.69. The van der Waals surface area contributed by atoms with Crippen molar-refractivity contribution in [3.8, 4) is 0 Å². The van der Waals surface area contributed by atoms with E-state index in [2.05, 4.69) is 6.07 Å². The summed E-state index contributed by atoms with van der Waals surface area (Å²) in [6, 6.07) is 8.08. The van der Waals surface area contributed by atoms with Crippen LogP contribution in [0.15, 0.2) is 29.2 Å². The molecule has 0 unspecified atom stereocenters. The molecule has 63 valence electrons. The smallest absolute Gasteiger partial charge is 0.154 e. The third-order valence-corrected chi connectivity index (χ3v) is 3.02. The third kappa shape index (κ3) is 1.30. The molecule has 0 aromatic heterocycles. The number of rotatable bonds is 1. The Morgan fingerprint density at radius 1 is 1.42 bits per heavy atom. The van der Waals surface area contributed by atoms with E-state index in [1.165, 1.54) is 4.90 Å². The van der Waals surface area contributed by atoms with Crippen LogP contribution in [0.1, 0.15) is 0 Å². The molecule has 0 atom stereocenters. The summed E-state index contributed by atoms with van der Waals surface area (Å²) in [6.45, 7) is 0.753. The highest BCUT2D eigenvalue weighted by Crippen LogP contribution is 2.33. The van der Waals surface area contributed by atoms with Gasteiger partial charge >= 0.3 is 0 Å². The van der Waals surface area contributed by atoms with Gasteiger partial charge < -0.3 is 4.90 Å². The lowest BCUT2D eigenvalue weighted by Gasteiger charge is -2.27. The Kier molecular flexibility index (Phi) is 2.23. The van der Waals surface area contributed by atoms with Crippen molar-refractivity contribution in [1.82, 2.24) is 0 Å². The maximum Gasteiger partial charge on any atom is 0.154 e. The molecular formula is C9H10NOS. The fourth-order valence-corrected chi connectivity index (χ4v) is 2.41. The average Bonchev–Trinajstić information content (AvgIpc) is 2.17. The molecule has 12 heavy (non-hydrogen) atoms. The van der Waals surface area contributed by atoms with Gasteiger partial charge in [-0.3, -0.25) is 0 Å². The van der Waals surface area contributed by atoms with Crippen LogP contribution in [0.2, 0.25) is 0 Å².